The number of aliphatic imine (C=N–C) groups is 1. The molecule has 1 saturated carbocycles. The van der Waals surface area contributed by atoms with Gasteiger partial charge in [0, 0.05) is 44.1 Å². The number of hydrogen-bond donors (Lipinski definition) is 4. The fraction of sp³-hybridized carbons (Fsp3) is 0.364. The number of hydrogen-bond acceptors (Lipinski definition) is 7. The molecule has 0 bridgehead atoms. The van der Waals surface area contributed by atoms with Crippen LogP contribution < -0.4 is 21.3 Å². The van der Waals surface area contributed by atoms with Crippen LogP contribution in [0.4, 0.5) is 11.4 Å². The van der Waals surface area contributed by atoms with Crippen LogP contribution >= 0.6 is 0 Å². The molecule has 0 aromatic heterocycles. The van der Waals surface area contributed by atoms with Crippen LogP contribution in [0.3, 0.4) is 0 Å². The molecule has 9 nitrogen and oxygen atoms in total. The fourth-order valence-corrected chi connectivity index (χ4v) is 3.75. The molecular weight excluding hydrogens is 394 g/mol. The standard InChI is InChI=1S/C22H27N7O2/c1-14-12-26-15(13-25-14)10-19(23)22(31)27-20-5-4-17(11-18(20)21(24)30)29-8-6-28(7-9-29)16-2-3-16/h4-5,10-13,16,23,26H,2-3,6-9H2,1H3,(H2,24,30)(H,27,31)/b15-10-,23-19?. The van der Waals surface area contributed by atoms with Crippen molar-refractivity contribution < 1.29 is 9.59 Å². The van der Waals surface area contributed by atoms with E-state index in [4.69, 9.17) is 11.1 Å². The van der Waals surface area contributed by atoms with Crippen molar-refractivity contribution in [1.29, 1.82) is 5.41 Å². The van der Waals surface area contributed by atoms with Crippen LogP contribution in [-0.2, 0) is 4.79 Å². The van der Waals surface area contributed by atoms with Gasteiger partial charge in [0.05, 0.1) is 28.9 Å². The number of amides is 2. The minimum absolute atomic E-state index is 0.229. The van der Waals surface area contributed by atoms with Crippen molar-refractivity contribution in [3.8, 4) is 0 Å². The van der Waals surface area contributed by atoms with Gasteiger partial charge in [0.1, 0.15) is 5.71 Å². The summed E-state index contributed by atoms with van der Waals surface area (Å²) in [5, 5.41) is 13.6. The smallest absolute Gasteiger partial charge is 0.273 e. The van der Waals surface area contributed by atoms with E-state index in [1.165, 1.54) is 18.9 Å². The Morgan fingerprint density at radius 1 is 1.26 bits per heavy atom. The molecule has 1 aromatic carbocycles. The SMILES string of the molecule is CC1=CN/C(=C\C(=N)C(=O)Nc2ccc(N3CCN(C4CC4)CC3)cc2C(N)=O)C=N1. The molecule has 3 aliphatic rings. The number of carbonyl (C=O) groups is 2. The Hall–Kier alpha value is -3.46. The number of primary amides is 1. The fourth-order valence-electron chi connectivity index (χ4n) is 3.75. The van der Waals surface area contributed by atoms with Gasteiger partial charge in [-0.15, -0.1) is 0 Å². The van der Waals surface area contributed by atoms with E-state index in [9.17, 15) is 9.59 Å². The summed E-state index contributed by atoms with van der Waals surface area (Å²) in [6, 6.07) is 6.02. The number of allylic oxidation sites excluding steroid dienone is 2. The van der Waals surface area contributed by atoms with E-state index >= 15 is 0 Å². The molecule has 9 heteroatoms. The third-order valence-corrected chi connectivity index (χ3v) is 5.66. The minimum atomic E-state index is -0.637. The average Bonchev–Trinajstić information content (AvgIpc) is 3.61. The molecular formula is C22H27N7O2. The van der Waals surface area contributed by atoms with Crippen molar-refractivity contribution >= 4 is 35.1 Å². The molecule has 2 aliphatic heterocycles. The Labute approximate surface area is 181 Å². The third-order valence-electron chi connectivity index (χ3n) is 5.66. The van der Waals surface area contributed by atoms with Gasteiger partial charge in [-0.25, -0.2) is 0 Å². The highest BCUT2D eigenvalue weighted by molar-refractivity contribution is 6.46. The highest BCUT2D eigenvalue weighted by Crippen LogP contribution is 2.29. The molecule has 1 aromatic rings. The lowest BCUT2D eigenvalue weighted by Gasteiger charge is -2.36. The first-order chi connectivity index (χ1) is 14.9. The maximum Gasteiger partial charge on any atom is 0.273 e. The number of rotatable bonds is 6. The molecule has 2 amide bonds. The Bertz CT molecular complexity index is 999. The molecule has 0 radical (unpaired) electrons. The lowest BCUT2D eigenvalue weighted by atomic mass is 10.1. The Morgan fingerprint density at radius 2 is 2.00 bits per heavy atom. The van der Waals surface area contributed by atoms with Gasteiger partial charge in [-0.2, -0.15) is 0 Å². The van der Waals surface area contributed by atoms with Crippen LogP contribution in [-0.4, -0.2) is 60.9 Å². The zero-order chi connectivity index (χ0) is 22.0. The number of piperazine rings is 1. The third kappa shape index (κ3) is 5.00. The summed E-state index contributed by atoms with van der Waals surface area (Å²) >= 11 is 0. The van der Waals surface area contributed by atoms with E-state index in [1.807, 2.05) is 13.0 Å². The molecule has 1 saturated heterocycles. The molecule has 0 unspecified atom stereocenters. The van der Waals surface area contributed by atoms with Gasteiger partial charge >= 0.3 is 0 Å². The summed E-state index contributed by atoms with van der Waals surface area (Å²) < 4.78 is 0. The van der Waals surface area contributed by atoms with Crippen molar-refractivity contribution in [2.45, 2.75) is 25.8 Å². The van der Waals surface area contributed by atoms with Crippen molar-refractivity contribution in [3.63, 3.8) is 0 Å². The first kappa shape index (κ1) is 20.8. The van der Waals surface area contributed by atoms with E-state index in [0.717, 1.165) is 43.6 Å². The van der Waals surface area contributed by atoms with E-state index in [-0.39, 0.29) is 11.3 Å². The van der Waals surface area contributed by atoms with Gasteiger partial charge in [0.15, 0.2) is 0 Å². The number of benzene rings is 1. The Balaban J connectivity index is 1.43. The normalized spacial score (nSPS) is 20.2. The molecule has 31 heavy (non-hydrogen) atoms. The maximum atomic E-state index is 12.5. The second-order valence-corrected chi connectivity index (χ2v) is 8.00. The number of nitrogens with zero attached hydrogens (tertiary/aromatic N) is 3. The van der Waals surface area contributed by atoms with Crippen molar-refractivity contribution in [2.24, 2.45) is 10.7 Å². The molecule has 0 spiro atoms. The number of carbonyl (C=O) groups excluding carboxylic acids is 2. The second kappa shape index (κ2) is 8.73. The van der Waals surface area contributed by atoms with E-state index in [1.54, 1.807) is 24.5 Å². The van der Waals surface area contributed by atoms with Crippen molar-refractivity contribution in [2.75, 3.05) is 36.4 Å². The molecule has 5 N–H and O–H groups in total. The predicted octanol–water partition coefficient (Wildman–Crippen LogP) is 1.45. The molecule has 2 fully saturated rings. The van der Waals surface area contributed by atoms with Crippen LogP contribution in [0.1, 0.15) is 30.1 Å². The first-order valence-electron chi connectivity index (χ1n) is 10.4. The predicted molar refractivity (Wildman–Crippen MR) is 122 cm³/mol. The highest BCUT2D eigenvalue weighted by Gasteiger charge is 2.31. The monoisotopic (exact) mass is 421 g/mol. The van der Waals surface area contributed by atoms with Gasteiger partial charge in [-0.3, -0.25) is 24.9 Å². The van der Waals surface area contributed by atoms with Crippen molar-refractivity contribution in [3.05, 3.63) is 47.4 Å². The quantitative estimate of drug-likeness (QED) is 0.517. The van der Waals surface area contributed by atoms with Crippen LogP contribution in [0.15, 0.2) is 46.9 Å². The lowest BCUT2D eigenvalue weighted by Crippen LogP contribution is -2.47. The summed E-state index contributed by atoms with van der Waals surface area (Å²) in [6.45, 7) is 5.63. The number of nitrogens with two attached hydrogens (primary N) is 1. The second-order valence-electron chi connectivity index (χ2n) is 8.00. The summed E-state index contributed by atoms with van der Waals surface area (Å²) in [7, 11) is 0. The topological polar surface area (TPSA) is 127 Å². The molecule has 4 rings (SSSR count). The zero-order valence-electron chi connectivity index (χ0n) is 17.5. The van der Waals surface area contributed by atoms with Gasteiger partial charge < -0.3 is 21.3 Å². The van der Waals surface area contributed by atoms with Crippen LogP contribution in [0.5, 0.6) is 0 Å². The van der Waals surface area contributed by atoms with Gasteiger partial charge in [0.2, 0.25) is 0 Å². The summed E-state index contributed by atoms with van der Waals surface area (Å²) in [5.41, 5.74) is 8.07. The van der Waals surface area contributed by atoms with Crippen LogP contribution in [0.2, 0.25) is 0 Å². The van der Waals surface area contributed by atoms with Crippen molar-refractivity contribution in [1.82, 2.24) is 10.2 Å². The summed E-state index contributed by atoms with van der Waals surface area (Å²) in [4.78, 5) is 33.4. The summed E-state index contributed by atoms with van der Waals surface area (Å²) in [6.07, 6.45) is 7.20. The minimum Gasteiger partial charge on any atom is -0.369 e. The molecule has 162 valence electrons. The van der Waals surface area contributed by atoms with E-state index in [2.05, 4.69) is 25.4 Å². The molecule has 2 heterocycles. The number of nitrogens with one attached hydrogen (secondary N) is 3. The lowest BCUT2D eigenvalue weighted by molar-refractivity contribution is -0.110. The molecule has 1 aliphatic carbocycles. The van der Waals surface area contributed by atoms with Gasteiger partial charge in [-0.1, -0.05) is 0 Å². The number of anilines is 2. The van der Waals surface area contributed by atoms with E-state index in [0.29, 0.717) is 11.4 Å². The van der Waals surface area contributed by atoms with Gasteiger partial charge in [-0.05, 0) is 44.0 Å². The van der Waals surface area contributed by atoms with Gasteiger partial charge in [0.25, 0.3) is 11.8 Å². The van der Waals surface area contributed by atoms with Crippen LogP contribution in [0, 0.1) is 5.41 Å². The summed E-state index contributed by atoms with van der Waals surface area (Å²) in [5.74, 6) is -1.26. The van der Waals surface area contributed by atoms with E-state index < -0.39 is 11.8 Å². The van der Waals surface area contributed by atoms with Crippen LogP contribution in [0.25, 0.3) is 0 Å². The largest absolute Gasteiger partial charge is 0.369 e. The Morgan fingerprint density at radius 3 is 2.61 bits per heavy atom. The Kier molecular flexibility index (Phi) is 5.85. The maximum absolute atomic E-state index is 12.5. The molecule has 0 atom stereocenters. The zero-order valence-corrected chi connectivity index (χ0v) is 17.5. The average molecular weight is 422 g/mol. The highest BCUT2D eigenvalue weighted by atomic mass is 16.2. The first-order valence-corrected chi connectivity index (χ1v) is 10.4.